The largest absolute Gasteiger partial charge is 0.508 e. The van der Waals surface area contributed by atoms with Gasteiger partial charge in [-0.15, -0.1) is 6.42 Å². The van der Waals surface area contributed by atoms with Gasteiger partial charge < -0.3 is 30.5 Å². The van der Waals surface area contributed by atoms with Crippen molar-refractivity contribution in [1.29, 1.82) is 0 Å². The van der Waals surface area contributed by atoms with E-state index in [2.05, 4.69) is 21.0 Å². The van der Waals surface area contributed by atoms with Gasteiger partial charge in [0.2, 0.25) is 5.95 Å². The number of anilines is 2. The number of piperazine rings is 1. The fourth-order valence-corrected chi connectivity index (χ4v) is 6.29. The van der Waals surface area contributed by atoms with Gasteiger partial charge >= 0.3 is 0 Å². The van der Waals surface area contributed by atoms with E-state index in [1.54, 1.807) is 24.5 Å². The van der Waals surface area contributed by atoms with E-state index >= 15 is 0 Å². The summed E-state index contributed by atoms with van der Waals surface area (Å²) in [5, 5.41) is 15.4. The average Bonchev–Trinajstić information content (AvgIpc) is 3.43. The van der Waals surface area contributed by atoms with E-state index in [4.69, 9.17) is 27.1 Å². The summed E-state index contributed by atoms with van der Waals surface area (Å²) in [6.45, 7) is 5.40. The van der Waals surface area contributed by atoms with E-state index in [1.807, 2.05) is 11.5 Å². The van der Waals surface area contributed by atoms with Gasteiger partial charge in [-0.2, -0.15) is 9.97 Å². The van der Waals surface area contributed by atoms with Crippen LogP contribution in [0.3, 0.4) is 0 Å². The first-order valence-corrected chi connectivity index (χ1v) is 13.0. The minimum atomic E-state index is -0.467. The lowest BCUT2D eigenvalue weighted by molar-refractivity contribution is 0.363. The summed E-state index contributed by atoms with van der Waals surface area (Å²) in [6.07, 6.45) is 9.73. The van der Waals surface area contributed by atoms with Crippen molar-refractivity contribution in [3.63, 3.8) is 0 Å². The molecule has 2 bridgehead atoms. The van der Waals surface area contributed by atoms with Crippen LogP contribution in [0.25, 0.3) is 21.9 Å². The number of aromatic hydroxyl groups is 1. The van der Waals surface area contributed by atoms with Gasteiger partial charge in [0.15, 0.2) is 17.0 Å². The predicted molar refractivity (Wildman–Crippen MR) is 145 cm³/mol. The molecule has 3 fully saturated rings. The molecule has 3 aliphatic rings. The van der Waals surface area contributed by atoms with Crippen molar-refractivity contribution in [1.82, 2.24) is 24.8 Å². The molecular formula is C28H29FN8O. The Labute approximate surface area is 219 Å². The van der Waals surface area contributed by atoms with Gasteiger partial charge in [-0.05, 0) is 48.9 Å². The van der Waals surface area contributed by atoms with Crippen molar-refractivity contribution >= 4 is 33.7 Å². The van der Waals surface area contributed by atoms with Crippen molar-refractivity contribution in [2.45, 2.75) is 43.9 Å². The highest BCUT2D eigenvalue weighted by Crippen LogP contribution is 2.34. The van der Waals surface area contributed by atoms with E-state index < -0.39 is 5.82 Å². The van der Waals surface area contributed by atoms with E-state index in [0.717, 1.165) is 31.7 Å². The quantitative estimate of drug-likeness (QED) is 0.358. The number of fused-ring (bicyclic) bond motifs is 4. The summed E-state index contributed by atoms with van der Waals surface area (Å²) in [5.41, 5.74) is 8.29. The Hall–Kier alpha value is -3.94. The van der Waals surface area contributed by atoms with Gasteiger partial charge in [0.05, 0.1) is 18.4 Å². The van der Waals surface area contributed by atoms with Crippen molar-refractivity contribution in [3.8, 4) is 18.1 Å². The van der Waals surface area contributed by atoms with E-state index in [9.17, 15) is 9.50 Å². The molecule has 3 saturated heterocycles. The third-order valence-corrected chi connectivity index (χ3v) is 7.96. The number of phenols is 1. The zero-order valence-corrected chi connectivity index (χ0v) is 21.2. The molecule has 7 rings (SSSR count). The molecule has 38 heavy (non-hydrogen) atoms. The Kier molecular flexibility index (Phi) is 5.05. The highest BCUT2D eigenvalue weighted by Gasteiger charge is 2.39. The standard InChI is InChI=1S/C28H29FN8O/c1-3-21-22(29)7-4-16-8-20(38)9-17(23(16)21)10-36-15-31-24-25(36)33-27(34-26(24)37-13-28(2,30)14-37)35-11-18-5-6-19(12-35)32-18/h1,4,7-9,15,18-19,32,38H,5-6,10-14,30H2,2H3. The van der Waals surface area contributed by atoms with Crippen LogP contribution >= 0.6 is 0 Å². The van der Waals surface area contributed by atoms with Crippen molar-refractivity contribution < 1.29 is 9.50 Å². The fourth-order valence-electron chi connectivity index (χ4n) is 6.29. The average molecular weight is 513 g/mol. The number of hydrogen-bond donors (Lipinski definition) is 3. The molecule has 2 unspecified atom stereocenters. The van der Waals surface area contributed by atoms with Crippen LogP contribution in [0.5, 0.6) is 5.75 Å². The van der Waals surface area contributed by atoms with Gasteiger partial charge in [0.25, 0.3) is 0 Å². The lowest BCUT2D eigenvalue weighted by Crippen LogP contribution is -2.66. The second kappa shape index (κ2) is 8.28. The number of halogens is 1. The maximum atomic E-state index is 14.6. The van der Waals surface area contributed by atoms with Crippen LogP contribution < -0.4 is 20.9 Å². The number of rotatable bonds is 4. The molecular weight excluding hydrogens is 483 g/mol. The van der Waals surface area contributed by atoms with Gasteiger partial charge in [-0.1, -0.05) is 12.0 Å². The molecule has 2 atom stereocenters. The summed E-state index contributed by atoms with van der Waals surface area (Å²) in [7, 11) is 0. The van der Waals surface area contributed by atoms with E-state index in [0.29, 0.717) is 65.2 Å². The smallest absolute Gasteiger partial charge is 0.229 e. The monoisotopic (exact) mass is 512 g/mol. The summed E-state index contributed by atoms with van der Waals surface area (Å²) >= 11 is 0. The van der Waals surface area contributed by atoms with Crippen molar-refractivity contribution in [3.05, 3.63) is 47.5 Å². The second-order valence-corrected chi connectivity index (χ2v) is 11.2. The van der Waals surface area contributed by atoms with Gasteiger partial charge in [0, 0.05) is 49.2 Å². The lowest BCUT2D eigenvalue weighted by Gasteiger charge is -2.46. The maximum absolute atomic E-state index is 14.6. The lowest BCUT2D eigenvalue weighted by atomic mass is 9.94. The summed E-state index contributed by atoms with van der Waals surface area (Å²) in [4.78, 5) is 19.1. The van der Waals surface area contributed by atoms with E-state index in [-0.39, 0.29) is 16.9 Å². The van der Waals surface area contributed by atoms with Crippen LogP contribution in [0.15, 0.2) is 30.6 Å². The van der Waals surface area contributed by atoms with Crippen LogP contribution in [-0.2, 0) is 6.54 Å². The number of imidazole rings is 1. The van der Waals surface area contributed by atoms with Crippen LogP contribution in [0.1, 0.15) is 30.9 Å². The number of nitrogens with two attached hydrogens (primary N) is 1. The van der Waals surface area contributed by atoms with E-state index in [1.165, 1.54) is 6.07 Å². The highest BCUT2D eigenvalue weighted by atomic mass is 19.1. The molecule has 4 N–H and O–H groups in total. The van der Waals surface area contributed by atoms with Crippen LogP contribution in [0.2, 0.25) is 0 Å². The van der Waals surface area contributed by atoms with Gasteiger partial charge in [-0.25, -0.2) is 9.37 Å². The minimum Gasteiger partial charge on any atom is -0.508 e. The SMILES string of the molecule is C#Cc1c(F)ccc2cc(O)cc(Cn3cnc4c(N5CC(C)(N)C5)nc(N5CC6CCC(C5)N6)nc43)c12. The number of aromatic nitrogens is 4. The molecule has 0 spiro atoms. The van der Waals surface area contributed by atoms with Gasteiger partial charge in [0.1, 0.15) is 11.6 Å². The first-order valence-electron chi connectivity index (χ1n) is 13.0. The topological polar surface area (TPSA) is 108 Å². The molecule has 10 heteroatoms. The molecule has 2 aromatic heterocycles. The molecule has 4 aromatic rings. The molecule has 3 aliphatic heterocycles. The molecule has 0 radical (unpaired) electrons. The Balaban J connectivity index is 1.36. The molecule has 5 heterocycles. The number of nitrogens with one attached hydrogen (secondary N) is 1. The van der Waals surface area contributed by atoms with Crippen LogP contribution in [-0.4, -0.2) is 68.4 Å². The zero-order chi connectivity index (χ0) is 26.2. The summed E-state index contributed by atoms with van der Waals surface area (Å²) in [6, 6.07) is 7.06. The van der Waals surface area contributed by atoms with Gasteiger partial charge in [-0.3, -0.25) is 0 Å². The molecule has 2 aromatic carbocycles. The molecule has 9 nitrogen and oxygen atoms in total. The predicted octanol–water partition coefficient (Wildman–Crippen LogP) is 2.33. The first-order chi connectivity index (χ1) is 18.3. The molecule has 194 valence electrons. The third-order valence-electron chi connectivity index (χ3n) is 7.96. The number of phenolic OH excluding ortho intramolecular Hbond substituents is 1. The minimum absolute atomic E-state index is 0.0848. The molecule has 0 amide bonds. The highest BCUT2D eigenvalue weighted by molar-refractivity contribution is 5.93. The zero-order valence-electron chi connectivity index (χ0n) is 21.2. The Bertz CT molecular complexity index is 1620. The first kappa shape index (κ1) is 23.2. The van der Waals surface area contributed by atoms with Crippen molar-refractivity contribution in [2.24, 2.45) is 5.73 Å². The Morgan fingerprint density at radius 1 is 1.18 bits per heavy atom. The number of hydrogen-bond acceptors (Lipinski definition) is 8. The Morgan fingerprint density at radius 3 is 2.66 bits per heavy atom. The second-order valence-electron chi connectivity index (χ2n) is 11.2. The molecule has 0 saturated carbocycles. The Morgan fingerprint density at radius 2 is 1.95 bits per heavy atom. The summed E-state index contributed by atoms with van der Waals surface area (Å²) < 4.78 is 16.6. The normalized spacial score (nSPS) is 22.2. The number of terminal acetylenes is 1. The summed E-state index contributed by atoms with van der Waals surface area (Å²) in [5.74, 6) is 3.55. The van der Waals surface area contributed by atoms with Crippen LogP contribution in [0, 0.1) is 18.2 Å². The molecule has 0 aliphatic carbocycles. The number of nitrogens with zero attached hydrogens (tertiary/aromatic N) is 6. The number of benzene rings is 2. The van der Waals surface area contributed by atoms with Crippen LogP contribution in [0.4, 0.5) is 16.2 Å². The maximum Gasteiger partial charge on any atom is 0.229 e. The van der Waals surface area contributed by atoms with Crippen molar-refractivity contribution in [2.75, 3.05) is 36.0 Å². The fraction of sp³-hybridized carbons (Fsp3) is 0.393. The third kappa shape index (κ3) is 3.73.